The molecule has 0 radical (unpaired) electrons. The molecule has 0 saturated carbocycles. The molecule has 3 rings (SSSR count). The van der Waals surface area contributed by atoms with Gasteiger partial charge in [-0.1, -0.05) is 0 Å². The number of benzene rings is 1. The Morgan fingerprint density at radius 2 is 2.08 bits per heavy atom. The van der Waals surface area contributed by atoms with Crippen molar-refractivity contribution in [3.8, 4) is 5.75 Å². The van der Waals surface area contributed by atoms with Crippen LogP contribution in [0, 0.1) is 6.92 Å². The molecule has 1 aromatic carbocycles. The lowest BCUT2D eigenvalue weighted by Crippen LogP contribution is -2.21. The molecule has 3 aromatic rings. The second kappa shape index (κ2) is 6.45. The molecule has 0 atom stereocenters. The Morgan fingerprint density at radius 1 is 1.29 bits per heavy atom. The molecule has 0 aliphatic rings. The van der Waals surface area contributed by atoms with Crippen molar-refractivity contribution in [2.75, 3.05) is 26.5 Å². The van der Waals surface area contributed by atoms with Gasteiger partial charge in [-0.05, 0) is 36.1 Å². The molecule has 1 N–H and O–H groups in total. The van der Waals surface area contributed by atoms with E-state index in [2.05, 4.69) is 20.7 Å². The summed E-state index contributed by atoms with van der Waals surface area (Å²) in [5.41, 5.74) is 2.44. The predicted octanol–water partition coefficient (Wildman–Crippen LogP) is 3.45. The van der Waals surface area contributed by atoms with Crippen LogP contribution in [0.15, 0.2) is 29.9 Å². The molecule has 124 valence electrons. The Kier molecular flexibility index (Phi) is 4.35. The van der Waals surface area contributed by atoms with E-state index < -0.39 is 0 Å². The number of carbonyl (C=O) groups is 1. The van der Waals surface area contributed by atoms with Gasteiger partial charge in [-0.2, -0.15) is 0 Å². The summed E-state index contributed by atoms with van der Waals surface area (Å²) in [6.45, 7) is 2.03. The SMILES string of the molecule is COc1cc(C(=O)N(C)C)ccc1Nc1ncnc2scc(C)c12. The zero-order valence-electron chi connectivity index (χ0n) is 14.0. The normalized spacial score (nSPS) is 10.7. The highest BCUT2D eigenvalue weighted by Crippen LogP contribution is 2.33. The van der Waals surface area contributed by atoms with Gasteiger partial charge in [0.2, 0.25) is 0 Å². The predicted molar refractivity (Wildman–Crippen MR) is 96.4 cm³/mol. The van der Waals surface area contributed by atoms with Crippen LogP contribution in [0.4, 0.5) is 11.5 Å². The molecule has 7 heteroatoms. The highest BCUT2D eigenvalue weighted by Gasteiger charge is 2.14. The van der Waals surface area contributed by atoms with Gasteiger partial charge in [-0.3, -0.25) is 4.79 Å². The number of amides is 1. The highest BCUT2D eigenvalue weighted by molar-refractivity contribution is 7.17. The Morgan fingerprint density at radius 3 is 2.79 bits per heavy atom. The number of aryl methyl sites for hydroxylation is 1. The smallest absolute Gasteiger partial charge is 0.253 e. The van der Waals surface area contributed by atoms with Crippen LogP contribution in [-0.4, -0.2) is 42.0 Å². The molecule has 24 heavy (non-hydrogen) atoms. The van der Waals surface area contributed by atoms with Gasteiger partial charge in [0.1, 0.15) is 22.7 Å². The third kappa shape index (κ3) is 2.90. The van der Waals surface area contributed by atoms with E-state index in [1.165, 1.54) is 11.2 Å². The minimum Gasteiger partial charge on any atom is -0.495 e. The number of hydrogen-bond acceptors (Lipinski definition) is 6. The second-order valence-electron chi connectivity index (χ2n) is 5.56. The molecule has 6 nitrogen and oxygen atoms in total. The topological polar surface area (TPSA) is 67.3 Å². The van der Waals surface area contributed by atoms with E-state index in [-0.39, 0.29) is 5.91 Å². The minimum absolute atomic E-state index is 0.0713. The van der Waals surface area contributed by atoms with E-state index in [0.29, 0.717) is 11.3 Å². The van der Waals surface area contributed by atoms with E-state index in [1.54, 1.807) is 44.7 Å². The summed E-state index contributed by atoms with van der Waals surface area (Å²) in [6.07, 6.45) is 1.54. The molecule has 0 saturated heterocycles. The number of aromatic nitrogens is 2. The fourth-order valence-corrected chi connectivity index (χ4v) is 3.32. The lowest BCUT2D eigenvalue weighted by atomic mass is 10.1. The van der Waals surface area contributed by atoms with Crippen molar-refractivity contribution >= 4 is 39.0 Å². The van der Waals surface area contributed by atoms with Crippen molar-refractivity contribution in [3.63, 3.8) is 0 Å². The van der Waals surface area contributed by atoms with E-state index in [4.69, 9.17) is 4.74 Å². The van der Waals surface area contributed by atoms with Crippen LogP contribution in [0.1, 0.15) is 15.9 Å². The maximum Gasteiger partial charge on any atom is 0.253 e. The second-order valence-corrected chi connectivity index (χ2v) is 6.42. The summed E-state index contributed by atoms with van der Waals surface area (Å²) in [5, 5.41) is 6.35. The maximum absolute atomic E-state index is 12.1. The van der Waals surface area contributed by atoms with Crippen molar-refractivity contribution in [3.05, 3.63) is 41.0 Å². The van der Waals surface area contributed by atoms with Gasteiger partial charge in [-0.15, -0.1) is 11.3 Å². The lowest BCUT2D eigenvalue weighted by Gasteiger charge is -2.15. The van der Waals surface area contributed by atoms with Gasteiger partial charge in [-0.25, -0.2) is 9.97 Å². The van der Waals surface area contributed by atoms with Crippen LogP contribution in [0.5, 0.6) is 5.75 Å². The largest absolute Gasteiger partial charge is 0.495 e. The van der Waals surface area contributed by atoms with Gasteiger partial charge < -0.3 is 15.0 Å². The monoisotopic (exact) mass is 342 g/mol. The number of carbonyl (C=O) groups excluding carboxylic acids is 1. The van der Waals surface area contributed by atoms with Crippen LogP contribution < -0.4 is 10.1 Å². The number of nitrogens with zero attached hydrogens (tertiary/aromatic N) is 3. The summed E-state index contributed by atoms with van der Waals surface area (Å²) >= 11 is 1.59. The lowest BCUT2D eigenvalue weighted by molar-refractivity contribution is 0.0827. The standard InChI is InChI=1S/C17H18N4O2S/c1-10-8-24-16-14(10)15(18-9-19-16)20-12-6-5-11(7-13(12)23-4)17(22)21(2)3/h5-9H,1-4H3,(H,18,19,20). The van der Waals surface area contributed by atoms with Crippen LogP contribution >= 0.6 is 11.3 Å². The van der Waals surface area contributed by atoms with Crippen LogP contribution in [0.25, 0.3) is 10.2 Å². The minimum atomic E-state index is -0.0713. The van der Waals surface area contributed by atoms with E-state index in [0.717, 1.165) is 27.3 Å². The molecule has 0 aliphatic carbocycles. The van der Waals surface area contributed by atoms with Crippen LogP contribution in [0.3, 0.4) is 0 Å². The fourth-order valence-electron chi connectivity index (χ4n) is 2.43. The van der Waals surface area contributed by atoms with Crippen LogP contribution in [0.2, 0.25) is 0 Å². The van der Waals surface area contributed by atoms with Gasteiger partial charge in [0.05, 0.1) is 18.2 Å². The molecule has 1 amide bonds. The number of ether oxygens (including phenoxy) is 1. The Labute approximate surface area is 144 Å². The molecule has 0 fully saturated rings. The van der Waals surface area contributed by atoms with Crippen molar-refractivity contribution < 1.29 is 9.53 Å². The van der Waals surface area contributed by atoms with Crippen molar-refractivity contribution in [1.29, 1.82) is 0 Å². The Balaban J connectivity index is 2.00. The van der Waals surface area contributed by atoms with Crippen LogP contribution in [-0.2, 0) is 0 Å². The molecule has 0 unspecified atom stereocenters. The van der Waals surface area contributed by atoms with E-state index >= 15 is 0 Å². The first-order valence-corrected chi connectivity index (χ1v) is 8.24. The third-order valence-corrected chi connectivity index (χ3v) is 4.67. The number of thiophene rings is 1. The number of nitrogens with one attached hydrogen (secondary N) is 1. The molecule has 0 spiro atoms. The summed E-state index contributed by atoms with van der Waals surface area (Å²) in [4.78, 5) is 23.2. The van der Waals surface area contributed by atoms with Crippen molar-refractivity contribution in [2.45, 2.75) is 6.92 Å². The van der Waals surface area contributed by atoms with Crippen molar-refractivity contribution in [2.24, 2.45) is 0 Å². The Bertz CT molecular complexity index is 905. The highest BCUT2D eigenvalue weighted by atomic mass is 32.1. The summed E-state index contributed by atoms with van der Waals surface area (Å²) < 4.78 is 5.44. The molecule has 2 aromatic heterocycles. The summed E-state index contributed by atoms with van der Waals surface area (Å²) in [5.74, 6) is 1.24. The zero-order valence-corrected chi connectivity index (χ0v) is 14.8. The number of hydrogen-bond donors (Lipinski definition) is 1. The number of fused-ring (bicyclic) bond motifs is 1. The third-order valence-electron chi connectivity index (χ3n) is 3.66. The van der Waals surface area contributed by atoms with E-state index in [1.807, 2.05) is 13.0 Å². The van der Waals surface area contributed by atoms with E-state index in [9.17, 15) is 4.79 Å². The fraction of sp³-hybridized carbons (Fsp3) is 0.235. The first-order valence-electron chi connectivity index (χ1n) is 7.36. The number of rotatable bonds is 4. The van der Waals surface area contributed by atoms with Gasteiger partial charge in [0.25, 0.3) is 5.91 Å². The molecule has 0 aliphatic heterocycles. The average molecular weight is 342 g/mol. The number of methoxy groups -OCH3 is 1. The van der Waals surface area contributed by atoms with Gasteiger partial charge >= 0.3 is 0 Å². The molecular formula is C17H18N4O2S. The summed E-state index contributed by atoms with van der Waals surface area (Å²) in [6, 6.07) is 5.32. The maximum atomic E-state index is 12.1. The van der Waals surface area contributed by atoms with Gasteiger partial charge in [0, 0.05) is 19.7 Å². The summed E-state index contributed by atoms with van der Waals surface area (Å²) in [7, 11) is 5.02. The molecular weight excluding hydrogens is 324 g/mol. The quantitative estimate of drug-likeness (QED) is 0.786. The zero-order chi connectivity index (χ0) is 17.3. The number of anilines is 2. The Hall–Kier alpha value is -2.67. The van der Waals surface area contributed by atoms with Crippen molar-refractivity contribution in [1.82, 2.24) is 14.9 Å². The average Bonchev–Trinajstić information content (AvgIpc) is 2.96. The molecule has 0 bridgehead atoms. The molecule has 2 heterocycles. The first-order chi connectivity index (χ1) is 11.5. The first kappa shape index (κ1) is 16.2. The van der Waals surface area contributed by atoms with Gasteiger partial charge in [0.15, 0.2) is 0 Å².